The Morgan fingerprint density at radius 1 is 1.26 bits per heavy atom. The average molecular weight is 370 g/mol. The van der Waals surface area contributed by atoms with Crippen LogP contribution in [0.2, 0.25) is 5.15 Å². The third-order valence-electron chi connectivity index (χ3n) is 3.10. The van der Waals surface area contributed by atoms with Crippen LogP contribution in [0.3, 0.4) is 0 Å². The number of hydrogen-bond acceptors (Lipinski definition) is 6. The third kappa shape index (κ3) is 3.00. The van der Waals surface area contributed by atoms with E-state index in [1.807, 2.05) is 17.5 Å². The first-order valence-electron chi connectivity index (χ1n) is 6.48. The molecule has 3 aromatic heterocycles. The number of nitrogens with zero attached hydrogens (tertiary/aromatic N) is 4. The maximum absolute atomic E-state index is 12.2. The zero-order valence-electron chi connectivity index (χ0n) is 12.2. The molecule has 0 spiro atoms. The monoisotopic (exact) mass is 369 g/mol. The average Bonchev–Trinajstić information content (AvgIpc) is 3.16. The normalized spacial score (nSPS) is 11.8. The molecule has 0 aliphatic rings. The molecule has 0 saturated carbocycles. The number of thiophene rings is 1. The van der Waals surface area contributed by atoms with Gasteiger partial charge >= 0.3 is 0 Å². The molecule has 0 aliphatic heterocycles. The van der Waals surface area contributed by atoms with Gasteiger partial charge in [0.1, 0.15) is 15.7 Å². The van der Waals surface area contributed by atoms with Gasteiger partial charge in [-0.1, -0.05) is 17.7 Å². The summed E-state index contributed by atoms with van der Waals surface area (Å²) in [6.07, 6.45) is 0. The molecule has 3 aromatic rings. The molecule has 120 valence electrons. The number of halogens is 1. The van der Waals surface area contributed by atoms with Crippen molar-refractivity contribution >= 4 is 33.0 Å². The largest absolute Gasteiger partial charge is 0.247 e. The van der Waals surface area contributed by atoms with E-state index >= 15 is 0 Å². The lowest BCUT2D eigenvalue weighted by Gasteiger charge is -2.08. The molecule has 0 amide bonds. The van der Waals surface area contributed by atoms with Crippen molar-refractivity contribution in [3.63, 3.8) is 0 Å². The summed E-state index contributed by atoms with van der Waals surface area (Å²) >= 11 is 7.43. The van der Waals surface area contributed by atoms with Gasteiger partial charge < -0.3 is 0 Å². The number of sulfonamides is 1. The molecular weight excluding hydrogens is 358 g/mol. The highest BCUT2D eigenvalue weighted by Gasteiger charge is 2.23. The van der Waals surface area contributed by atoms with Crippen molar-refractivity contribution in [1.82, 2.24) is 24.5 Å². The first kappa shape index (κ1) is 16.1. The zero-order chi connectivity index (χ0) is 16.6. The van der Waals surface area contributed by atoms with E-state index in [1.54, 1.807) is 7.05 Å². The number of aromatic nitrogens is 4. The fourth-order valence-corrected chi connectivity index (χ4v) is 3.67. The van der Waals surface area contributed by atoms with Gasteiger partial charge in [-0.25, -0.2) is 27.8 Å². The summed E-state index contributed by atoms with van der Waals surface area (Å²) in [5.41, 5.74) is 0.157. The lowest BCUT2D eigenvalue weighted by molar-refractivity contribution is 0.588. The predicted molar refractivity (Wildman–Crippen MR) is 88.8 cm³/mol. The second-order valence-corrected chi connectivity index (χ2v) is 7.74. The van der Waals surface area contributed by atoms with Crippen molar-refractivity contribution in [3.8, 4) is 22.2 Å². The molecule has 0 saturated heterocycles. The van der Waals surface area contributed by atoms with Crippen molar-refractivity contribution < 1.29 is 8.42 Å². The molecule has 3 heterocycles. The SMILES string of the molecule is CNS(=O)(=O)c1ccc(Cl)nc1-c1nc(-c2cccs2)nn1C. The van der Waals surface area contributed by atoms with Gasteiger partial charge in [0.15, 0.2) is 11.6 Å². The van der Waals surface area contributed by atoms with Crippen LogP contribution in [-0.4, -0.2) is 35.2 Å². The summed E-state index contributed by atoms with van der Waals surface area (Å²) in [5.74, 6) is 0.830. The minimum absolute atomic E-state index is 0.00219. The van der Waals surface area contributed by atoms with E-state index in [4.69, 9.17) is 11.6 Å². The number of aryl methyl sites for hydroxylation is 1. The number of hydrogen-bond donors (Lipinski definition) is 1. The maximum atomic E-state index is 12.2. The Morgan fingerprint density at radius 2 is 2.04 bits per heavy atom. The van der Waals surface area contributed by atoms with Crippen LogP contribution in [0.1, 0.15) is 0 Å². The number of nitrogens with one attached hydrogen (secondary N) is 1. The Hall–Kier alpha value is -1.81. The van der Waals surface area contributed by atoms with Gasteiger partial charge in [-0.15, -0.1) is 16.4 Å². The molecule has 0 aliphatic carbocycles. The molecule has 0 radical (unpaired) electrons. The molecule has 7 nitrogen and oxygen atoms in total. The zero-order valence-corrected chi connectivity index (χ0v) is 14.6. The van der Waals surface area contributed by atoms with Gasteiger partial charge in [0, 0.05) is 7.05 Å². The predicted octanol–water partition coefficient (Wildman–Crippen LogP) is 2.17. The highest BCUT2D eigenvalue weighted by molar-refractivity contribution is 7.89. The highest BCUT2D eigenvalue weighted by Crippen LogP contribution is 2.28. The van der Waals surface area contributed by atoms with Crippen LogP contribution in [0, 0.1) is 0 Å². The molecule has 10 heteroatoms. The molecular formula is C13H12ClN5O2S2. The van der Waals surface area contributed by atoms with Crippen LogP contribution in [0.25, 0.3) is 22.2 Å². The van der Waals surface area contributed by atoms with Crippen molar-refractivity contribution in [3.05, 3.63) is 34.8 Å². The summed E-state index contributed by atoms with van der Waals surface area (Å²) in [5, 5.41) is 6.42. The smallest absolute Gasteiger partial charge is 0.242 e. The minimum Gasteiger partial charge on any atom is -0.247 e. The summed E-state index contributed by atoms with van der Waals surface area (Å²) in [6, 6.07) is 6.60. The summed E-state index contributed by atoms with van der Waals surface area (Å²) < 4.78 is 28.2. The molecule has 0 bridgehead atoms. The van der Waals surface area contributed by atoms with E-state index in [-0.39, 0.29) is 15.7 Å². The molecule has 1 N–H and O–H groups in total. The number of rotatable bonds is 4. The van der Waals surface area contributed by atoms with Gasteiger partial charge in [0.25, 0.3) is 0 Å². The summed E-state index contributed by atoms with van der Waals surface area (Å²) in [4.78, 5) is 9.44. The second-order valence-electron chi connectivity index (χ2n) is 4.55. The summed E-state index contributed by atoms with van der Waals surface area (Å²) in [7, 11) is -0.692. The Morgan fingerprint density at radius 3 is 2.70 bits per heavy atom. The van der Waals surface area contributed by atoms with E-state index in [0.29, 0.717) is 11.6 Å². The van der Waals surface area contributed by atoms with E-state index in [0.717, 1.165) is 4.88 Å². The van der Waals surface area contributed by atoms with Gasteiger partial charge in [-0.05, 0) is 30.6 Å². The van der Waals surface area contributed by atoms with Crippen LogP contribution in [0.15, 0.2) is 34.5 Å². The lowest BCUT2D eigenvalue weighted by atomic mass is 10.3. The molecule has 0 aromatic carbocycles. The van der Waals surface area contributed by atoms with E-state index < -0.39 is 10.0 Å². The third-order valence-corrected chi connectivity index (χ3v) is 5.62. The van der Waals surface area contributed by atoms with Gasteiger partial charge in [0.05, 0.1) is 4.88 Å². The number of pyridine rings is 1. The maximum Gasteiger partial charge on any atom is 0.242 e. The highest BCUT2D eigenvalue weighted by atomic mass is 35.5. The first-order valence-corrected chi connectivity index (χ1v) is 9.22. The standard InChI is InChI=1S/C13H12ClN5O2S2/c1-15-23(20,21)9-5-6-10(14)16-11(9)13-17-12(18-19(13)2)8-4-3-7-22-8/h3-7,15H,1-2H3. The van der Waals surface area contributed by atoms with Crippen molar-refractivity contribution in [2.45, 2.75) is 4.90 Å². The Labute approximate surface area is 142 Å². The minimum atomic E-state index is -3.70. The van der Waals surface area contributed by atoms with Crippen LogP contribution in [-0.2, 0) is 17.1 Å². The van der Waals surface area contributed by atoms with Crippen LogP contribution in [0.4, 0.5) is 0 Å². The van der Waals surface area contributed by atoms with Crippen molar-refractivity contribution in [2.24, 2.45) is 7.05 Å². The quantitative estimate of drug-likeness (QED) is 0.712. The van der Waals surface area contributed by atoms with Crippen LogP contribution < -0.4 is 4.72 Å². The second kappa shape index (κ2) is 6.00. The molecule has 0 fully saturated rings. The van der Waals surface area contributed by atoms with Crippen LogP contribution >= 0.6 is 22.9 Å². The molecule has 0 atom stereocenters. The van der Waals surface area contributed by atoms with E-state index in [1.165, 1.54) is 35.2 Å². The lowest BCUT2D eigenvalue weighted by Crippen LogP contribution is -2.20. The van der Waals surface area contributed by atoms with Crippen molar-refractivity contribution in [2.75, 3.05) is 7.05 Å². The molecule has 23 heavy (non-hydrogen) atoms. The molecule has 3 rings (SSSR count). The van der Waals surface area contributed by atoms with Crippen molar-refractivity contribution in [1.29, 1.82) is 0 Å². The van der Waals surface area contributed by atoms with E-state index in [2.05, 4.69) is 19.8 Å². The molecule has 0 unspecified atom stereocenters. The van der Waals surface area contributed by atoms with E-state index in [9.17, 15) is 8.42 Å². The Bertz CT molecular complexity index is 951. The first-order chi connectivity index (χ1) is 10.9. The topological polar surface area (TPSA) is 89.8 Å². The van der Waals surface area contributed by atoms with Gasteiger partial charge in [-0.3, -0.25) is 0 Å². The van der Waals surface area contributed by atoms with Gasteiger partial charge in [0.2, 0.25) is 10.0 Å². The fraction of sp³-hybridized carbons (Fsp3) is 0.154. The van der Waals surface area contributed by atoms with Gasteiger partial charge in [-0.2, -0.15) is 0 Å². The Balaban J connectivity index is 2.21. The summed E-state index contributed by atoms with van der Waals surface area (Å²) in [6.45, 7) is 0. The fourth-order valence-electron chi connectivity index (χ4n) is 2.01. The Kier molecular flexibility index (Phi) is 4.19. The van der Waals surface area contributed by atoms with Crippen LogP contribution in [0.5, 0.6) is 0 Å².